The minimum atomic E-state index is -0.389. The molecular weight excluding hydrogens is 416 g/mol. The minimum absolute atomic E-state index is 0.156. The van der Waals surface area contributed by atoms with Gasteiger partial charge in [0.05, 0.1) is 24.1 Å². The molecule has 0 bridgehead atoms. The van der Waals surface area contributed by atoms with Crippen LogP contribution in [0.3, 0.4) is 0 Å². The van der Waals surface area contributed by atoms with Gasteiger partial charge in [-0.05, 0) is 24.6 Å². The minimum Gasteiger partial charge on any atom is -0.318 e. The van der Waals surface area contributed by atoms with Crippen LogP contribution in [0.15, 0.2) is 73.1 Å². The molecule has 4 rings (SSSR count). The van der Waals surface area contributed by atoms with Gasteiger partial charge in [-0.25, -0.2) is 4.68 Å². The summed E-state index contributed by atoms with van der Waals surface area (Å²) in [5.74, 6) is -0.322. The molecule has 0 spiro atoms. The SMILES string of the molecule is Cc1cccc(Cn2cc(NC(=O)c3cc(NC(=O)C(C)C)n(-c4ccccc4)n3)cn2)c1. The van der Waals surface area contributed by atoms with Gasteiger partial charge < -0.3 is 10.6 Å². The summed E-state index contributed by atoms with van der Waals surface area (Å²) < 4.78 is 3.32. The number of rotatable bonds is 7. The van der Waals surface area contributed by atoms with E-state index in [0.717, 1.165) is 11.3 Å². The second-order valence-electron chi connectivity index (χ2n) is 8.18. The molecule has 0 saturated heterocycles. The highest BCUT2D eigenvalue weighted by atomic mass is 16.2. The number of nitrogens with zero attached hydrogens (tertiary/aromatic N) is 4. The maximum absolute atomic E-state index is 12.9. The second-order valence-corrected chi connectivity index (χ2v) is 8.18. The lowest BCUT2D eigenvalue weighted by Crippen LogP contribution is -2.19. The predicted molar refractivity (Wildman–Crippen MR) is 127 cm³/mol. The second kappa shape index (κ2) is 9.52. The van der Waals surface area contributed by atoms with E-state index in [1.54, 1.807) is 41.7 Å². The largest absolute Gasteiger partial charge is 0.318 e. The standard InChI is InChI=1S/C25H26N6O2/c1-17(2)24(32)28-23-13-22(29-31(23)21-10-5-4-6-11-21)25(33)27-20-14-26-30(16-20)15-19-9-7-8-18(3)12-19/h4-14,16-17H,15H2,1-3H3,(H,27,33)(H,28,32). The van der Waals surface area contributed by atoms with Crippen molar-refractivity contribution in [1.29, 1.82) is 0 Å². The Hall–Kier alpha value is -4.20. The molecular formula is C25H26N6O2. The number of aromatic nitrogens is 4. The van der Waals surface area contributed by atoms with E-state index in [4.69, 9.17) is 0 Å². The van der Waals surface area contributed by atoms with E-state index in [1.165, 1.54) is 5.56 Å². The molecule has 33 heavy (non-hydrogen) atoms. The quantitative estimate of drug-likeness (QED) is 0.447. The molecule has 2 heterocycles. The zero-order chi connectivity index (χ0) is 23.4. The molecule has 2 N–H and O–H groups in total. The Morgan fingerprint density at radius 1 is 1.00 bits per heavy atom. The summed E-state index contributed by atoms with van der Waals surface area (Å²) in [6.07, 6.45) is 3.37. The van der Waals surface area contributed by atoms with E-state index in [0.29, 0.717) is 18.1 Å². The number of hydrogen-bond donors (Lipinski definition) is 2. The number of anilines is 2. The first kappa shape index (κ1) is 22.0. The maximum Gasteiger partial charge on any atom is 0.276 e. The van der Waals surface area contributed by atoms with Crippen molar-refractivity contribution >= 4 is 23.3 Å². The Bertz CT molecular complexity index is 1270. The monoisotopic (exact) mass is 442 g/mol. The lowest BCUT2D eigenvalue weighted by atomic mass is 10.1. The number of aryl methyl sites for hydroxylation is 1. The highest BCUT2D eigenvalue weighted by Gasteiger charge is 2.19. The normalized spacial score (nSPS) is 10.9. The molecule has 0 atom stereocenters. The van der Waals surface area contributed by atoms with Crippen molar-refractivity contribution in [2.75, 3.05) is 10.6 Å². The van der Waals surface area contributed by atoms with Gasteiger partial charge in [0, 0.05) is 18.2 Å². The molecule has 8 heteroatoms. The van der Waals surface area contributed by atoms with Crippen LogP contribution in [0.4, 0.5) is 11.5 Å². The predicted octanol–water partition coefficient (Wildman–Crippen LogP) is 4.27. The van der Waals surface area contributed by atoms with Crippen LogP contribution in [0.25, 0.3) is 5.69 Å². The number of carbonyl (C=O) groups excluding carboxylic acids is 2. The van der Waals surface area contributed by atoms with Gasteiger partial charge in [0.1, 0.15) is 5.82 Å². The van der Waals surface area contributed by atoms with Gasteiger partial charge in [0.15, 0.2) is 5.69 Å². The topological polar surface area (TPSA) is 93.8 Å². The lowest BCUT2D eigenvalue weighted by Gasteiger charge is -2.10. The van der Waals surface area contributed by atoms with Crippen LogP contribution in [0.2, 0.25) is 0 Å². The molecule has 4 aromatic rings. The summed E-state index contributed by atoms with van der Waals surface area (Å²) in [5, 5.41) is 14.5. The average Bonchev–Trinajstić information content (AvgIpc) is 3.41. The highest BCUT2D eigenvalue weighted by molar-refractivity contribution is 6.04. The lowest BCUT2D eigenvalue weighted by molar-refractivity contribution is -0.118. The van der Waals surface area contributed by atoms with Crippen molar-refractivity contribution < 1.29 is 9.59 Å². The number of benzene rings is 2. The molecule has 0 aliphatic rings. The van der Waals surface area contributed by atoms with Gasteiger partial charge in [-0.2, -0.15) is 10.2 Å². The third-order valence-electron chi connectivity index (χ3n) is 5.04. The van der Waals surface area contributed by atoms with Crippen molar-refractivity contribution in [2.24, 2.45) is 5.92 Å². The fourth-order valence-electron chi connectivity index (χ4n) is 3.32. The van der Waals surface area contributed by atoms with E-state index in [-0.39, 0.29) is 23.4 Å². The summed E-state index contributed by atoms with van der Waals surface area (Å²) in [4.78, 5) is 25.2. The Labute approximate surface area is 192 Å². The first-order chi connectivity index (χ1) is 15.9. The Morgan fingerprint density at radius 3 is 2.52 bits per heavy atom. The molecule has 2 aromatic carbocycles. The van der Waals surface area contributed by atoms with Crippen LogP contribution >= 0.6 is 0 Å². The van der Waals surface area contributed by atoms with E-state index in [1.807, 2.05) is 55.5 Å². The average molecular weight is 443 g/mol. The van der Waals surface area contributed by atoms with Gasteiger partial charge >= 0.3 is 0 Å². The summed E-state index contributed by atoms with van der Waals surface area (Å²) in [5.41, 5.74) is 3.80. The number of nitrogens with one attached hydrogen (secondary N) is 2. The van der Waals surface area contributed by atoms with Crippen LogP contribution in [0.1, 0.15) is 35.5 Å². The molecule has 0 radical (unpaired) electrons. The highest BCUT2D eigenvalue weighted by Crippen LogP contribution is 2.19. The van der Waals surface area contributed by atoms with Crippen molar-refractivity contribution in [3.8, 4) is 5.69 Å². The first-order valence-corrected chi connectivity index (χ1v) is 10.7. The molecule has 0 unspecified atom stereocenters. The number of amides is 2. The van der Waals surface area contributed by atoms with E-state index < -0.39 is 0 Å². The van der Waals surface area contributed by atoms with Crippen LogP contribution in [0, 0.1) is 12.8 Å². The summed E-state index contributed by atoms with van der Waals surface area (Å²) in [7, 11) is 0. The van der Waals surface area contributed by atoms with Crippen molar-refractivity contribution in [3.05, 3.63) is 89.9 Å². The summed E-state index contributed by atoms with van der Waals surface area (Å²) in [6, 6.07) is 19.1. The molecule has 168 valence electrons. The van der Waals surface area contributed by atoms with Crippen molar-refractivity contribution in [2.45, 2.75) is 27.3 Å². The van der Waals surface area contributed by atoms with Crippen LogP contribution < -0.4 is 10.6 Å². The molecule has 0 fully saturated rings. The van der Waals surface area contributed by atoms with E-state index in [2.05, 4.69) is 26.9 Å². The zero-order valence-electron chi connectivity index (χ0n) is 18.8. The van der Waals surface area contributed by atoms with Gasteiger partial charge in [0.25, 0.3) is 5.91 Å². The number of hydrogen-bond acceptors (Lipinski definition) is 4. The molecule has 0 saturated carbocycles. The van der Waals surface area contributed by atoms with Crippen molar-refractivity contribution in [1.82, 2.24) is 19.6 Å². The molecule has 2 amide bonds. The number of para-hydroxylation sites is 1. The van der Waals surface area contributed by atoms with E-state index in [9.17, 15) is 9.59 Å². The maximum atomic E-state index is 12.9. The van der Waals surface area contributed by atoms with Gasteiger partial charge in [0.2, 0.25) is 5.91 Å². The molecule has 0 aliphatic carbocycles. The summed E-state index contributed by atoms with van der Waals surface area (Å²) in [6.45, 7) is 6.26. The van der Waals surface area contributed by atoms with Crippen LogP contribution in [0.5, 0.6) is 0 Å². The smallest absolute Gasteiger partial charge is 0.276 e. The zero-order valence-corrected chi connectivity index (χ0v) is 18.8. The molecule has 2 aromatic heterocycles. The Balaban J connectivity index is 1.53. The Kier molecular flexibility index (Phi) is 6.35. The van der Waals surface area contributed by atoms with Crippen molar-refractivity contribution in [3.63, 3.8) is 0 Å². The third-order valence-corrected chi connectivity index (χ3v) is 5.04. The van der Waals surface area contributed by atoms with Gasteiger partial charge in [-0.1, -0.05) is 61.9 Å². The molecule has 0 aliphatic heterocycles. The fraction of sp³-hybridized carbons (Fsp3) is 0.200. The first-order valence-electron chi connectivity index (χ1n) is 10.7. The van der Waals surface area contributed by atoms with Crippen LogP contribution in [-0.2, 0) is 11.3 Å². The summed E-state index contributed by atoms with van der Waals surface area (Å²) >= 11 is 0. The fourth-order valence-corrected chi connectivity index (χ4v) is 3.32. The number of carbonyl (C=O) groups is 2. The van der Waals surface area contributed by atoms with E-state index >= 15 is 0 Å². The van der Waals surface area contributed by atoms with Gasteiger partial charge in [-0.15, -0.1) is 0 Å². The molecule has 8 nitrogen and oxygen atoms in total. The van der Waals surface area contributed by atoms with Crippen LogP contribution in [-0.4, -0.2) is 31.4 Å². The third kappa shape index (κ3) is 5.35. The Morgan fingerprint density at radius 2 is 1.79 bits per heavy atom. The van der Waals surface area contributed by atoms with Gasteiger partial charge in [-0.3, -0.25) is 14.3 Å².